The lowest BCUT2D eigenvalue weighted by molar-refractivity contribution is 1.09. The van der Waals surface area contributed by atoms with Crippen LogP contribution >= 0.6 is 0 Å². The zero-order valence-corrected chi connectivity index (χ0v) is 20.3. The highest BCUT2D eigenvalue weighted by molar-refractivity contribution is 6.06. The second-order valence-electron chi connectivity index (χ2n) is 9.57. The van der Waals surface area contributed by atoms with Gasteiger partial charge in [-0.15, -0.1) is 0 Å². The first kappa shape index (κ1) is 20.9. The van der Waals surface area contributed by atoms with E-state index in [9.17, 15) is 0 Å². The maximum absolute atomic E-state index is 5.26. The lowest BCUT2D eigenvalue weighted by atomic mass is 9.88. The zero-order chi connectivity index (χ0) is 24.1. The molecule has 2 nitrogen and oxygen atoms in total. The van der Waals surface area contributed by atoms with Gasteiger partial charge in [0.15, 0.2) is 0 Å². The number of nitrogens with zero attached hydrogens (tertiary/aromatic N) is 2. The Morgan fingerprint density at radius 3 is 1.97 bits per heavy atom. The van der Waals surface area contributed by atoms with Gasteiger partial charge in [0, 0.05) is 11.3 Å². The van der Waals surface area contributed by atoms with Crippen LogP contribution in [0, 0.1) is 6.92 Å². The zero-order valence-electron chi connectivity index (χ0n) is 20.3. The number of hydrogen-bond acceptors (Lipinski definition) is 1. The average molecular weight is 463 g/mol. The molecule has 0 saturated carbocycles. The molecule has 7 rings (SSSR count). The summed E-state index contributed by atoms with van der Waals surface area (Å²) in [5.74, 6) is 0.997. The minimum absolute atomic E-state index is 0.997. The van der Waals surface area contributed by atoms with Crippen LogP contribution < -0.4 is 10.4 Å². The Bertz CT molecular complexity index is 1870. The Labute approximate surface area is 210 Å². The second-order valence-corrected chi connectivity index (χ2v) is 9.57. The number of aromatic nitrogens is 2. The summed E-state index contributed by atoms with van der Waals surface area (Å²) in [6.07, 6.45) is 6.94. The molecule has 0 N–H and O–H groups in total. The van der Waals surface area contributed by atoms with Crippen LogP contribution in [0.25, 0.3) is 62.2 Å². The third-order valence-electron chi connectivity index (χ3n) is 7.30. The average Bonchev–Trinajstić information content (AvgIpc) is 3.32. The van der Waals surface area contributed by atoms with Crippen molar-refractivity contribution in [3.05, 3.63) is 119 Å². The first-order valence-electron chi connectivity index (χ1n) is 12.6. The molecular weight excluding hydrogens is 436 g/mol. The molecular formula is C34H26N2. The van der Waals surface area contributed by atoms with Gasteiger partial charge >= 0.3 is 0 Å². The molecule has 0 saturated heterocycles. The van der Waals surface area contributed by atoms with Crippen molar-refractivity contribution in [3.63, 3.8) is 0 Å². The van der Waals surface area contributed by atoms with Crippen molar-refractivity contribution in [2.45, 2.75) is 19.8 Å². The Kier molecular flexibility index (Phi) is 4.85. The molecule has 0 bridgehead atoms. The fourth-order valence-electron chi connectivity index (χ4n) is 5.66. The normalized spacial score (nSPS) is 12.8. The second kappa shape index (κ2) is 8.35. The standard InChI is InChI=1S/C34H26N2/c1-23-19-21-24(22-20-23)32-26-13-5-7-15-28(26)33(29-16-8-6-14-27(29)32)34-35-30-17-9-10-18-31(30)36(34)25-11-3-2-4-12-25/h2-5,7,9-22H,6,8H2,1H3. The quantitative estimate of drug-likeness (QED) is 0.272. The number of fused-ring (bicyclic) bond motifs is 3. The minimum atomic E-state index is 0.997. The van der Waals surface area contributed by atoms with E-state index in [1.807, 2.05) is 0 Å². The summed E-state index contributed by atoms with van der Waals surface area (Å²) in [5.41, 5.74) is 8.34. The summed E-state index contributed by atoms with van der Waals surface area (Å²) >= 11 is 0. The van der Waals surface area contributed by atoms with Gasteiger partial charge < -0.3 is 0 Å². The first-order chi connectivity index (χ1) is 17.8. The highest BCUT2D eigenvalue weighted by Gasteiger charge is 2.21. The maximum Gasteiger partial charge on any atom is 0.146 e. The van der Waals surface area contributed by atoms with Crippen molar-refractivity contribution in [1.29, 1.82) is 0 Å². The molecule has 36 heavy (non-hydrogen) atoms. The largest absolute Gasteiger partial charge is 0.292 e. The van der Waals surface area contributed by atoms with E-state index >= 15 is 0 Å². The predicted octanol–water partition coefficient (Wildman–Crippen LogP) is 7.18. The van der Waals surface area contributed by atoms with E-state index in [0.29, 0.717) is 0 Å². The number of hydrogen-bond donors (Lipinski definition) is 0. The predicted molar refractivity (Wildman–Crippen MR) is 152 cm³/mol. The molecule has 1 aliphatic carbocycles. The maximum atomic E-state index is 5.26. The molecule has 2 heteroatoms. The van der Waals surface area contributed by atoms with Gasteiger partial charge in [-0.3, -0.25) is 4.57 Å². The third kappa shape index (κ3) is 3.22. The van der Waals surface area contributed by atoms with Crippen LogP contribution in [0.4, 0.5) is 0 Å². The van der Waals surface area contributed by atoms with Gasteiger partial charge in [-0.25, -0.2) is 4.98 Å². The minimum Gasteiger partial charge on any atom is -0.292 e. The molecule has 172 valence electrons. The van der Waals surface area contributed by atoms with Gasteiger partial charge in [0.2, 0.25) is 0 Å². The molecule has 1 heterocycles. The number of aryl methyl sites for hydroxylation is 1. The summed E-state index contributed by atoms with van der Waals surface area (Å²) in [6.45, 7) is 2.15. The van der Waals surface area contributed by atoms with Crippen LogP contribution in [0.1, 0.15) is 18.4 Å². The molecule has 1 aromatic heterocycles. The third-order valence-corrected chi connectivity index (χ3v) is 7.30. The SMILES string of the molecule is Cc1ccc(-c2c3c(c(-c4nc5ccccc5n4-c4ccccc4)c4ccccc24)=CCCC=3)cc1. The number of rotatable bonds is 3. The Balaban J connectivity index is 1.67. The lowest BCUT2D eigenvalue weighted by Crippen LogP contribution is -2.32. The highest BCUT2D eigenvalue weighted by atomic mass is 15.1. The smallest absolute Gasteiger partial charge is 0.146 e. The van der Waals surface area contributed by atoms with Crippen molar-refractivity contribution in [2.75, 3.05) is 0 Å². The summed E-state index contributed by atoms with van der Waals surface area (Å²) in [4.78, 5) is 5.26. The van der Waals surface area contributed by atoms with Gasteiger partial charge in [-0.1, -0.05) is 96.6 Å². The lowest BCUT2D eigenvalue weighted by Gasteiger charge is -2.18. The van der Waals surface area contributed by atoms with Crippen molar-refractivity contribution in [2.24, 2.45) is 0 Å². The topological polar surface area (TPSA) is 17.8 Å². The molecule has 0 aliphatic heterocycles. The fraction of sp³-hybridized carbons (Fsp3) is 0.0882. The Hall–Kier alpha value is -4.43. The fourth-order valence-corrected chi connectivity index (χ4v) is 5.66. The number of benzene rings is 5. The van der Waals surface area contributed by atoms with Crippen molar-refractivity contribution >= 4 is 34.0 Å². The molecule has 0 unspecified atom stereocenters. The van der Waals surface area contributed by atoms with Crippen LogP contribution in [-0.2, 0) is 0 Å². The van der Waals surface area contributed by atoms with E-state index in [4.69, 9.17) is 4.98 Å². The van der Waals surface area contributed by atoms with Gasteiger partial charge in [0.1, 0.15) is 5.82 Å². The molecule has 0 spiro atoms. The van der Waals surface area contributed by atoms with Crippen LogP contribution in [0.3, 0.4) is 0 Å². The van der Waals surface area contributed by atoms with Crippen molar-refractivity contribution < 1.29 is 0 Å². The van der Waals surface area contributed by atoms with Crippen LogP contribution in [0.2, 0.25) is 0 Å². The van der Waals surface area contributed by atoms with Crippen LogP contribution in [-0.4, -0.2) is 9.55 Å². The van der Waals surface area contributed by atoms with E-state index in [0.717, 1.165) is 35.4 Å². The van der Waals surface area contributed by atoms with E-state index in [1.165, 1.54) is 43.5 Å². The van der Waals surface area contributed by atoms with Gasteiger partial charge in [0.25, 0.3) is 0 Å². The molecule has 0 fully saturated rings. The molecule has 0 amide bonds. The van der Waals surface area contributed by atoms with E-state index in [2.05, 4.69) is 127 Å². The van der Waals surface area contributed by atoms with E-state index < -0.39 is 0 Å². The van der Waals surface area contributed by atoms with Gasteiger partial charge in [-0.2, -0.15) is 0 Å². The summed E-state index contributed by atoms with van der Waals surface area (Å²) < 4.78 is 2.32. The monoisotopic (exact) mass is 462 g/mol. The summed E-state index contributed by atoms with van der Waals surface area (Å²) in [6, 6.07) is 36.9. The molecule has 0 radical (unpaired) electrons. The molecule has 0 atom stereocenters. The first-order valence-corrected chi connectivity index (χ1v) is 12.6. The molecule has 6 aromatic rings. The van der Waals surface area contributed by atoms with Crippen molar-refractivity contribution in [3.8, 4) is 28.2 Å². The van der Waals surface area contributed by atoms with E-state index in [-0.39, 0.29) is 0 Å². The molecule has 5 aromatic carbocycles. The summed E-state index contributed by atoms with van der Waals surface area (Å²) in [5, 5.41) is 5.13. The number of imidazole rings is 1. The Morgan fingerprint density at radius 2 is 1.22 bits per heavy atom. The van der Waals surface area contributed by atoms with Crippen LogP contribution in [0.5, 0.6) is 0 Å². The van der Waals surface area contributed by atoms with Crippen LogP contribution in [0.15, 0.2) is 103 Å². The highest BCUT2D eigenvalue weighted by Crippen LogP contribution is 2.34. The van der Waals surface area contributed by atoms with Gasteiger partial charge in [0.05, 0.1) is 11.0 Å². The Morgan fingerprint density at radius 1 is 0.611 bits per heavy atom. The molecule has 1 aliphatic rings. The summed E-state index contributed by atoms with van der Waals surface area (Å²) in [7, 11) is 0. The number of para-hydroxylation sites is 3. The van der Waals surface area contributed by atoms with Crippen molar-refractivity contribution in [1.82, 2.24) is 9.55 Å². The van der Waals surface area contributed by atoms with E-state index in [1.54, 1.807) is 0 Å². The van der Waals surface area contributed by atoms with Gasteiger partial charge in [-0.05, 0) is 76.4 Å².